The van der Waals surface area contributed by atoms with Crippen molar-refractivity contribution in [2.45, 2.75) is 0 Å². The molecule has 0 atom stereocenters. The average molecular weight is 854 g/mol. The third kappa shape index (κ3) is 6.65. The van der Waals surface area contributed by atoms with Crippen LogP contribution in [0.4, 0.5) is 0 Å². The summed E-state index contributed by atoms with van der Waals surface area (Å²) in [5.74, 6) is 0.689. The molecule has 0 aliphatic carbocycles. The SMILES string of the molecule is c1ccc(-c2cccc(-c3cc(-c4ccc(-c5ccc(-c6nc7ccccc7c7c(-c8ccccc8)c8c(cc67)oc6ccccc68)cc5)c5ccccc45)nc(-c4ccccc4)n3)c2)cc1. The molecule has 3 heterocycles. The molecule has 0 unspecified atom stereocenters. The molecule has 0 aliphatic rings. The molecule has 0 fully saturated rings. The Morgan fingerprint density at radius 3 is 1.61 bits per heavy atom. The lowest BCUT2D eigenvalue weighted by Crippen LogP contribution is -1.97. The van der Waals surface area contributed by atoms with Crippen LogP contribution in [-0.4, -0.2) is 15.0 Å². The first kappa shape index (κ1) is 38.5. The van der Waals surface area contributed by atoms with Gasteiger partial charge in [0.2, 0.25) is 0 Å². The van der Waals surface area contributed by atoms with Gasteiger partial charge in [0.1, 0.15) is 11.2 Å². The summed E-state index contributed by atoms with van der Waals surface area (Å²) in [4.78, 5) is 15.8. The van der Waals surface area contributed by atoms with Crippen molar-refractivity contribution in [2.75, 3.05) is 0 Å². The van der Waals surface area contributed by atoms with Crippen LogP contribution >= 0.6 is 0 Å². The number of para-hydroxylation sites is 2. The van der Waals surface area contributed by atoms with Crippen molar-refractivity contribution in [1.82, 2.24) is 15.0 Å². The van der Waals surface area contributed by atoms with Gasteiger partial charge >= 0.3 is 0 Å². The van der Waals surface area contributed by atoms with Gasteiger partial charge in [-0.05, 0) is 68.9 Å². The number of hydrogen-bond donors (Lipinski definition) is 0. The predicted molar refractivity (Wildman–Crippen MR) is 278 cm³/mol. The molecule has 0 amide bonds. The Morgan fingerprint density at radius 2 is 0.851 bits per heavy atom. The number of furan rings is 1. The summed E-state index contributed by atoms with van der Waals surface area (Å²) in [6.45, 7) is 0. The van der Waals surface area contributed by atoms with E-state index in [2.05, 4.69) is 206 Å². The summed E-state index contributed by atoms with van der Waals surface area (Å²) in [5, 5.41) is 7.83. The first-order valence-corrected chi connectivity index (χ1v) is 22.7. The molecule has 4 nitrogen and oxygen atoms in total. The van der Waals surface area contributed by atoms with Crippen LogP contribution in [0.2, 0.25) is 0 Å². The zero-order valence-electron chi connectivity index (χ0n) is 36.3. The molecule has 0 radical (unpaired) electrons. The van der Waals surface area contributed by atoms with Gasteiger partial charge in [-0.25, -0.2) is 15.0 Å². The largest absolute Gasteiger partial charge is 0.456 e. The van der Waals surface area contributed by atoms with Gasteiger partial charge in [0.15, 0.2) is 5.82 Å². The standard InChI is InChI=1S/C63H39N3O/c1-4-17-40(18-5-1)45-23-16-24-46(37-45)55-39-56(66-63(65-55)44-21-8-3-9-22-44)50-36-35-47(48-25-10-11-26-49(48)50)41-31-33-43(34-32-41)62-53-38-58-61(52-28-13-15-30-57(52)67-58)59(42-19-6-2-7-20-42)60(53)51-27-12-14-29-54(51)64-62/h1-39H. The normalized spacial score (nSPS) is 11.6. The maximum absolute atomic E-state index is 6.63. The average Bonchev–Trinajstić information content (AvgIpc) is 3.78. The second-order valence-corrected chi connectivity index (χ2v) is 17.0. The minimum absolute atomic E-state index is 0.689. The van der Waals surface area contributed by atoms with Crippen LogP contribution in [0.5, 0.6) is 0 Å². The highest BCUT2D eigenvalue weighted by atomic mass is 16.3. The molecule has 13 rings (SSSR count). The first-order valence-electron chi connectivity index (χ1n) is 22.7. The molecule has 0 saturated carbocycles. The molecule has 4 heteroatoms. The van der Waals surface area contributed by atoms with Crippen molar-refractivity contribution in [2.24, 2.45) is 0 Å². The van der Waals surface area contributed by atoms with E-state index in [4.69, 9.17) is 19.4 Å². The third-order valence-corrected chi connectivity index (χ3v) is 13.1. The molecule has 10 aromatic carbocycles. The lowest BCUT2D eigenvalue weighted by molar-refractivity contribution is 0.669. The summed E-state index contributed by atoms with van der Waals surface area (Å²) < 4.78 is 6.63. The third-order valence-electron chi connectivity index (χ3n) is 13.1. The minimum atomic E-state index is 0.689. The van der Waals surface area contributed by atoms with Crippen molar-refractivity contribution >= 4 is 54.4 Å². The smallest absolute Gasteiger partial charge is 0.160 e. The van der Waals surface area contributed by atoms with Crippen LogP contribution < -0.4 is 0 Å². The molecule has 13 aromatic rings. The van der Waals surface area contributed by atoms with Gasteiger partial charge in [-0.2, -0.15) is 0 Å². The summed E-state index contributed by atoms with van der Waals surface area (Å²) in [6, 6.07) is 83.2. The fourth-order valence-corrected chi connectivity index (χ4v) is 9.95. The van der Waals surface area contributed by atoms with Crippen molar-refractivity contribution in [3.8, 4) is 78.5 Å². The Hall–Kier alpha value is -8.99. The van der Waals surface area contributed by atoms with Crippen molar-refractivity contribution < 1.29 is 4.42 Å². The Labute approximate surface area is 387 Å². The van der Waals surface area contributed by atoms with E-state index in [0.717, 1.165) is 116 Å². The maximum Gasteiger partial charge on any atom is 0.160 e. The van der Waals surface area contributed by atoms with E-state index < -0.39 is 0 Å². The minimum Gasteiger partial charge on any atom is -0.456 e. The van der Waals surface area contributed by atoms with E-state index in [0.29, 0.717) is 5.82 Å². The van der Waals surface area contributed by atoms with Gasteiger partial charge in [-0.1, -0.05) is 206 Å². The fraction of sp³-hybridized carbons (Fsp3) is 0. The topological polar surface area (TPSA) is 51.8 Å². The van der Waals surface area contributed by atoms with E-state index in [1.54, 1.807) is 0 Å². The van der Waals surface area contributed by atoms with Gasteiger partial charge in [-0.3, -0.25) is 0 Å². The lowest BCUT2D eigenvalue weighted by atomic mass is 9.89. The zero-order chi connectivity index (χ0) is 44.3. The molecular weight excluding hydrogens is 815 g/mol. The molecular formula is C63H39N3O. The van der Waals surface area contributed by atoms with Crippen LogP contribution in [0.1, 0.15) is 0 Å². The Balaban J connectivity index is 0.950. The quantitative estimate of drug-likeness (QED) is 0.150. The van der Waals surface area contributed by atoms with Gasteiger partial charge in [0, 0.05) is 54.7 Å². The van der Waals surface area contributed by atoms with Crippen LogP contribution in [0.3, 0.4) is 0 Å². The number of hydrogen-bond acceptors (Lipinski definition) is 4. The second kappa shape index (κ2) is 15.9. The number of nitrogens with zero attached hydrogens (tertiary/aromatic N) is 3. The highest BCUT2D eigenvalue weighted by Crippen LogP contribution is 2.47. The molecule has 3 aromatic heterocycles. The van der Waals surface area contributed by atoms with E-state index in [9.17, 15) is 0 Å². The van der Waals surface area contributed by atoms with Crippen LogP contribution in [0, 0.1) is 0 Å². The summed E-state index contributed by atoms with van der Waals surface area (Å²) in [7, 11) is 0. The monoisotopic (exact) mass is 853 g/mol. The molecule has 312 valence electrons. The molecule has 0 spiro atoms. The van der Waals surface area contributed by atoms with Gasteiger partial charge < -0.3 is 4.42 Å². The summed E-state index contributed by atoms with van der Waals surface area (Å²) in [5.41, 5.74) is 16.3. The second-order valence-electron chi connectivity index (χ2n) is 17.0. The summed E-state index contributed by atoms with van der Waals surface area (Å²) >= 11 is 0. The van der Waals surface area contributed by atoms with E-state index in [1.807, 2.05) is 30.3 Å². The van der Waals surface area contributed by atoms with Gasteiger partial charge in [-0.15, -0.1) is 0 Å². The molecule has 0 N–H and O–H groups in total. The van der Waals surface area contributed by atoms with Crippen LogP contribution in [-0.2, 0) is 0 Å². The van der Waals surface area contributed by atoms with Crippen molar-refractivity contribution in [3.63, 3.8) is 0 Å². The molecule has 0 saturated heterocycles. The number of aromatic nitrogens is 3. The maximum atomic E-state index is 6.63. The highest BCUT2D eigenvalue weighted by Gasteiger charge is 2.22. The van der Waals surface area contributed by atoms with Crippen LogP contribution in [0.15, 0.2) is 241 Å². The summed E-state index contributed by atoms with van der Waals surface area (Å²) in [6.07, 6.45) is 0. The predicted octanol–water partition coefficient (Wildman–Crippen LogP) is 16.9. The van der Waals surface area contributed by atoms with E-state index in [1.165, 1.54) is 10.9 Å². The lowest BCUT2D eigenvalue weighted by Gasteiger charge is -2.16. The Bertz CT molecular complexity index is 4010. The molecule has 0 bridgehead atoms. The Morgan fingerprint density at radius 1 is 0.284 bits per heavy atom. The van der Waals surface area contributed by atoms with Crippen LogP contribution in [0.25, 0.3) is 133 Å². The number of fused-ring (bicyclic) bond motifs is 7. The fourth-order valence-electron chi connectivity index (χ4n) is 9.95. The number of benzene rings is 10. The van der Waals surface area contributed by atoms with E-state index in [-0.39, 0.29) is 0 Å². The van der Waals surface area contributed by atoms with E-state index >= 15 is 0 Å². The number of pyridine rings is 1. The molecule has 0 aliphatic heterocycles. The van der Waals surface area contributed by atoms with Crippen molar-refractivity contribution in [3.05, 3.63) is 237 Å². The van der Waals surface area contributed by atoms with Gasteiger partial charge in [0.25, 0.3) is 0 Å². The van der Waals surface area contributed by atoms with Gasteiger partial charge in [0.05, 0.1) is 22.6 Å². The van der Waals surface area contributed by atoms with Crippen molar-refractivity contribution in [1.29, 1.82) is 0 Å². The number of rotatable bonds is 7. The Kier molecular flexibility index (Phi) is 9.14. The zero-order valence-corrected chi connectivity index (χ0v) is 36.3. The molecule has 67 heavy (non-hydrogen) atoms. The highest BCUT2D eigenvalue weighted by molar-refractivity contribution is 6.27. The first-order chi connectivity index (χ1) is 33.2.